The molecule has 3 rings (SSSR count). The van der Waals surface area contributed by atoms with Gasteiger partial charge in [-0.25, -0.2) is 13.8 Å². The molecule has 0 bridgehead atoms. The highest BCUT2D eigenvalue weighted by Gasteiger charge is 2.17. The van der Waals surface area contributed by atoms with E-state index in [-0.39, 0.29) is 36.0 Å². The van der Waals surface area contributed by atoms with Gasteiger partial charge < -0.3 is 13.7 Å². The highest BCUT2D eigenvalue weighted by molar-refractivity contribution is 5.76. The number of halogens is 2. The molecule has 0 spiro atoms. The first-order valence-electron chi connectivity index (χ1n) is 8.12. The van der Waals surface area contributed by atoms with Gasteiger partial charge in [-0.1, -0.05) is 6.07 Å². The van der Waals surface area contributed by atoms with Gasteiger partial charge in [0.05, 0.1) is 18.3 Å². The monoisotopic (exact) mass is 360 g/mol. The summed E-state index contributed by atoms with van der Waals surface area (Å²) in [5.74, 6) is 0.173. The third kappa shape index (κ3) is 3.99. The molecule has 0 saturated heterocycles. The average Bonchev–Trinajstić information content (AvgIpc) is 3.21. The lowest BCUT2D eigenvalue weighted by atomic mass is 10.1. The number of aryl methyl sites for hydroxylation is 2. The van der Waals surface area contributed by atoms with Crippen LogP contribution < -0.4 is 0 Å². The summed E-state index contributed by atoms with van der Waals surface area (Å²) in [6.45, 7) is 2.20. The zero-order valence-corrected chi connectivity index (χ0v) is 14.5. The lowest BCUT2D eigenvalue weighted by molar-refractivity contribution is -0.130. The Morgan fingerprint density at radius 2 is 1.88 bits per heavy atom. The van der Waals surface area contributed by atoms with Gasteiger partial charge in [-0.05, 0) is 31.2 Å². The van der Waals surface area contributed by atoms with Gasteiger partial charge in [0.25, 0.3) is 0 Å². The Morgan fingerprint density at radius 3 is 2.54 bits per heavy atom. The van der Waals surface area contributed by atoms with Gasteiger partial charge in [-0.3, -0.25) is 4.79 Å². The first kappa shape index (κ1) is 17.8. The van der Waals surface area contributed by atoms with Crippen molar-refractivity contribution in [3.05, 3.63) is 65.6 Å². The van der Waals surface area contributed by atoms with Gasteiger partial charge in [0, 0.05) is 19.9 Å². The molecular formula is C19H18F2N2O3. The number of benzene rings is 1. The van der Waals surface area contributed by atoms with Crippen molar-refractivity contribution < 1.29 is 22.4 Å². The van der Waals surface area contributed by atoms with Crippen LogP contribution in [0, 0.1) is 18.6 Å². The Balaban J connectivity index is 1.60. The van der Waals surface area contributed by atoms with E-state index in [0.29, 0.717) is 12.3 Å². The number of oxazole rings is 1. The number of aromatic nitrogens is 1. The van der Waals surface area contributed by atoms with Crippen LogP contribution >= 0.6 is 0 Å². The van der Waals surface area contributed by atoms with Crippen molar-refractivity contribution in [1.29, 1.82) is 0 Å². The smallest absolute Gasteiger partial charge is 0.223 e. The molecule has 1 amide bonds. The van der Waals surface area contributed by atoms with Crippen molar-refractivity contribution in [2.75, 3.05) is 7.05 Å². The fourth-order valence-electron chi connectivity index (χ4n) is 2.57. The van der Waals surface area contributed by atoms with E-state index in [1.165, 1.54) is 12.3 Å². The molecule has 5 nitrogen and oxygen atoms in total. The number of rotatable bonds is 6. The summed E-state index contributed by atoms with van der Waals surface area (Å²) in [5.41, 5.74) is -0.261. The number of amides is 1. The van der Waals surface area contributed by atoms with E-state index < -0.39 is 11.6 Å². The molecule has 0 aliphatic carbocycles. The zero-order chi connectivity index (χ0) is 18.7. The SMILES string of the molecule is Cc1ccc(CN(C)C(=O)CCc2ncc(-c3c(F)cccc3F)o2)o1. The van der Waals surface area contributed by atoms with E-state index in [2.05, 4.69) is 4.98 Å². The van der Waals surface area contributed by atoms with Crippen LogP contribution in [-0.2, 0) is 17.8 Å². The molecule has 7 heteroatoms. The molecule has 0 radical (unpaired) electrons. The highest BCUT2D eigenvalue weighted by Crippen LogP contribution is 2.26. The second kappa shape index (κ2) is 7.51. The minimum absolute atomic E-state index is 0.00228. The Labute approximate surface area is 149 Å². The first-order valence-corrected chi connectivity index (χ1v) is 8.12. The van der Waals surface area contributed by atoms with Gasteiger partial charge in [-0.2, -0.15) is 0 Å². The summed E-state index contributed by atoms with van der Waals surface area (Å²) >= 11 is 0. The maximum atomic E-state index is 13.8. The molecule has 0 aliphatic heterocycles. The molecule has 1 aromatic carbocycles. The van der Waals surface area contributed by atoms with Crippen LogP contribution in [0.25, 0.3) is 11.3 Å². The molecular weight excluding hydrogens is 342 g/mol. The van der Waals surface area contributed by atoms with Gasteiger partial charge in [0.2, 0.25) is 5.91 Å². The Morgan fingerprint density at radius 1 is 1.15 bits per heavy atom. The molecule has 0 fully saturated rings. The van der Waals surface area contributed by atoms with Crippen LogP contribution in [0.1, 0.15) is 23.8 Å². The number of hydrogen-bond donors (Lipinski definition) is 0. The van der Waals surface area contributed by atoms with Crippen LogP contribution in [0.4, 0.5) is 8.78 Å². The molecule has 0 unspecified atom stereocenters. The summed E-state index contributed by atoms with van der Waals surface area (Å²) in [4.78, 5) is 17.8. The number of furan rings is 1. The maximum absolute atomic E-state index is 13.8. The molecule has 2 heterocycles. The van der Waals surface area contributed by atoms with E-state index in [4.69, 9.17) is 8.83 Å². The van der Waals surface area contributed by atoms with Gasteiger partial charge in [0.15, 0.2) is 11.7 Å². The number of carbonyl (C=O) groups is 1. The zero-order valence-electron chi connectivity index (χ0n) is 14.5. The predicted molar refractivity (Wildman–Crippen MR) is 90.1 cm³/mol. The van der Waals surface area contributed by atoms with E-state index in [1.807, 2.05) is 19.1 Å². The van der Waals surface area contributed by atoms with E-state index in [1.54, 1.807) is 11.9 Å². The van der Waals surface area contributed by atoms with Gasteiger partial charge in [-0.15, -0.1) is 0 Å². The average molecular weight is 360 g/mol. The summed E-state index contributed by atoms with van der Waals surface area (Å²) in [6.07, 6.45) is 1.66. The Bertz CT molecular complexity index is 897. The van der Waals surface area contributed by atoms with E-state index in [0.717, 1.165) is 17.9 Å². The van der Waals surface area contributed by atoms with Crippen LogP contribution in [0.5, 0.6) is 0 Å². The summed E-state index contributed by atoms with van der Waals surface area (Å²) < 4.78 is 38.4. The van der Waals surface area contributed by atoms with Gasteiger partial charge >= 0.3 is 0 Å². The topological polar surface area (TPSA) is 59.5 Å². The fraction of sp³-hybridized carbons (Fsp3) is 0.263. The summed E-state index contributed by atoms with van der Waals surface area (Å²) in [7, 11) is 1.68. The molecule has 0 saturated carbocycles. The molecule has 0 aliphatic rings. The first-order chi connectivity index (χ1) is 12.4. The second-order valence-electron chi connectivity index (χ2n) is 5.98. The lowest BCUT2D eigenvalue weighted by Gasteiger charge is -2.15. The maximum Gasteiger partial charge on any atom is 0.223 e. The van der Waals surface area contributed by atoms with E-state index >= 15 is 0 Å². The summed E-state index contributed by atoms with van der Waals surface area (Å²) in [5, 5.41) is 0. The lowest BCUT2D eigenvalue weighted by Crippen LogP contribution is -2.26. The van der Waals surface area contributed by atoms with Crippen molar-refractivity contribution in [3.8, 4) is 11.3 Å². The molecule has 136 valence electrons. The molecule has 2 aromatic heterocycles. The number of hydrogen-bond acceptors (Lipinski definition) is 4. The fourth-order valence-corrected chi connectivity index (χ4v) is 2.57. The third-order valence-electron chi connectivity index (χ3n) is 3.93. The minimum atomic E-state index is -0.725. The quantitative estimate of drug-likeness (QED) is 0.664. The van der Waals surface area contributed by atoms with Crippen molar-refractivity contribution in [2.45, 2.75) is 26.3 Å². The normalized spacial score (nSPS) is 10.9. The third-order valence-corrected chi connectivity index (χ3v) is 3.93. The van der Waals surface area contributed by atoms with Crippen molar-refractivity contribution in [3.63, 3.8) is 0 Å². The van der Waals surface area contributed by atoms with Crippen LogP contribution in [0.3, 0.4) is 0 Å². The van der Waals surface area contributed by atoms with Gasteiger partial charge in [0.1, 0.15) is 23.2 Å². The number of carbonyl (C=O) groups excluding carboxylic acids is 1. The van der Waals surface area contributed by atoms with Crippen molar-refractivity contribution in [1.82, 2.24) is 9.88 Å². The standard InChI is InChI=1S/C19H18F2N2O3/c1-12-6-7-13(25-12)11-23(2)18(24)9-8-17-22-10-16(26-17)19-14(20)4-3-5-15(19)21/h3-7,10H,8-9,11H2,1-2H3. The second-order valence-corrected chi connectivity index (χ2v) is 5.98. The van der Waals surface area contributed by atoms with Crippen molar-refractivity contribution in [2.24, 2.45) is 0 Å². The Hall–Kier alpha value is -2.96. The van der Waals surface area contributed by atoms with E-state index in [9.17, 15) is 13.6 Å². The Kier molecular flexibility index (Phi) is 5.16. The van der Waals surface area contributed by atoms with Crippen molar-refractivity contribution >= 4 is 5.91 Å². The molecule has 0 atom stereocenters. The van der Waals surface area contributed by atoms with Crippen LogP contribution in [0.15, 0.2) is 45.4 Å². The largest absolute Gasteiger partial charge is 0.464 e. The predicted octanol–water partition coefficient (Wildman–Crippen LogP) is 4.11. The minimum Gasteiger partial charge on any atom is -0.464 e. The number of nitrogens with zero attached hydrogens (tertiary/aromatic N) is 2. The highest BCUT2D eigenvalue weighted by atomic mass is 19.1. The molecule has 3 aromatic rings. The van der Waals surface area contributed by atoms with Crippen LogP contribution in [0.2, 0.25) is 0 Å². The van der Waals surface area contributed by atoms with Crippen LogP contribution in [-0.4, -0.2) is 22.8 Å². The molecule has 0 N–H and O–H groups in total. The summed E-state index contributed by atoms with van der Waals surface area (Å²) in [6, 6.07) is 7.23. The molecule has 26 heavy (non-hydrogen) atoms.